The zero-order valence-electron chi connectivity index (χ0n) is 25.0. The summed E-state index contributed by atoms with van der Waals surface area (Å²) in [5.41, 5.74) is 1.77. The highest BCUT2D eigenvalue weighted by atomic mass is 32.2. The number of likely N-dealkylation sites (tertiary alicyclic amines) is 1. The van der Waals surface area contributed by atoms with Crippen LogP contribution in [0.3, 0.4) is 0 Å². The van der Waals surface area contributed by atoms with Crippen molar-refractivity contribution < 1.29 is 37.4 Å². The van der Waals surface area contributed by atoms with Crippen molar-refractivity contribution in [3.05, 3.63) is 89.6 Å². The predicted molar refractivity (Wildman–Crippen MR) is 165 cm³/mol. The lowest BCUT2D eigenvalue weighted by Gasteiger charge is -2.24. The Balaban J connectivity index is 1.32. The molecule has 1 aliphatic rings. The van der Waals surface area contributed by atoms with Gasteiger partial charge in [0.1, 0.15) is 25.1 Å². The molecule has 0 spiro atoms. The molecule has 45 heavy (non-hydrogen) atoms. The standard InChI is InChI=1S/C31H37N5O8S/c1-21-9-8-10-22(2)29(21)45(41,42)35-26(30(38)39)17-34-28(37)20-43-25-15-24(16-33-27-13-6-7-14-32-27)36(18-25)31(40)44-19-23-11-4-3-5-12-23/h3-14,24-26,35H,15-20H2,1-2H3,(H,32,33)(H,34,37)(H,38,39)/t24-,25+,26-/m0/s1. The maximum atomic E-state index is 13.0. The minimum atomic E-state index is -4.18. The average Bonchev–Trinajstić information content (AvgIpc) is 3.43. The van der Waals surface area contributed by atoms with Gasteiger partial charge >= 0.3 is 12.1 Å². The lowest BCUT2D eigenvalue weighted by atomic mass is 10.2. The molecule has 2 aromatic carbocycles. The molecule has 0 bridgehead atoms. The summed E-state index contributed by atoms with van der Waals surface area (Å²) in [5.74, 6) is -1.45. The molecular formula is C31H37N5O8S. The zero-order valence-corrected chi connectivity index (χ0v) is 25.8. The minimum absolute atomic E-state index is 0.00826. The van der Waals surface area contributed by atoms with Gasteiger partial charge in [-0.25, -0.2) is 18.2 Å². The van der Waals surface area contributed by atoms with E-state index in [2.05, 4.69) is 20.3 Å². The number of carboxylic acid groups (broad SMARTS) is 1. The van der Waals surface area contributed by atoms with Crippen LogP contribution in [0.1, 0.15) is 23.1 Å². The normalized spacial score (nSPS) is 17.0. The summed E-state index contributed by atoms with van der Waals surface area (Å²) < 4.78 is 39.4. The zero-order chi connectivity index (χ0) is 32.4. The molecule has 2 heterocycles. The summed E-state index contributed by atoms with van der Waals surface area (Å²) in [7, 11) is -4.18. The third-order valence-electron chi connectivity index (χ3n) is 7.23. The minimum Gasteiger partial charge on any atom is -0.480 e. The third-order valence-corrected chi connectivity index (χ3v) is 9.00. The van der Waals surface area contributed by atoms with Crippen molar-refractivity contribution in [2.75, 3.05) is 31.6 Å². The van der Waals surface area contributed by atoms with E-state index in [1.165, 1.54) is 0 Å². The molecule has 3 atom stereocenters. The molecular weight excluding hydrogens is 602 g/mol. The van der Waals surface area contributed by atoms with Crippen LogP contribution in [0.4, 0.5) is 10.6 Å². The molecule has 14 heteroatoms. The Morgan fingerprint density at radius 2 is 1.73 bits per heavy atom. The van der Waals surface area contributed by atoms with Crippen LogP contribution in [0.25, 0.3) is 0 Å². The Hall–Kier alpha value is -4.53. The van der Waals surface area contributed by atoms with Crippen molar-refractivity contribution in [3.63, 3.8) is 0 Å². The number of hydrogen-bond acceptors (Lipinski definition) is 9. The van der Waals surface area contributed by atoms with Gasteiger partial charge in [-0.05, 0) is 49.1 Å². The molecule has 4 rings (SSSR count). The summed E-state index contributed by atoms with van der Waals surface area (Å²) in [6.45, 7) is 2.94. The lowest BCUT2D eigenvalue weighted by Crippen LogP contribution is -2.49. The number of anilines is 1. The van der Waals surface area contributed by atoms with Crippen LogP contribution in [0.5, 0.6) is 0 Å². The first-order valence-corrected chi connectivity index (χ1v) is 15.8. The van der Waals surface area contributed by atoms with Crippen LogP contribution in [0, 0.1) is 13.8 Å². The Bertz CT molecular complexity index is 1550. The summed E-state index contributed by atoms with van der Waals surface area (Å²) >= 11 is 0. The number of carboxylic acids is 1. The van der Waals surface area contributed by atoms with Gasteiger partial charge in [0.15, 0.2) is 0 Å². The van der Waals surface area contributed by atoms with Crippen molar-refractivity contribution in [1.29, 1.82) is 0 Å². The van der Waals surface area contributed by atoms with Crippen molar-refractivity contribution >= 4 is 33.8 Å². The number of amides is 2. The fourth-order valence-corrected chi connectivity index (χ4v) is 6.67. The van der Waals surface area contributed by atoms with E-state index in [1.54, 1.807) is 55.3 Å². The Morgan fingerprint density at radius 1 is 1.02 bits per heavy atom. The molecule has 1 saturated heterocycles. The van der Waals surface area contributed by atoms with Crippen molar-refractivity contribution in [2.45, 2.75) is 50.0 Å². The predicted octanol–water partition coefficient (Wildman–Crippen LogP) is 2.45. The fourth-order valence-electron chi connectivity index (χ4n) is 5.01. The molecule has 0 unspecified atom stereocenters. The Kier molecular flexibility index (Phi) is 11.5. The van der Waals surface area contributed by atoms with E-state index in [0.717, 1.165) is 5.56 Å². The number of ether oxygens (including phenoxy) is 2. The van der Waals surface area contributed by atoms with Gasteiger partial charge in [0.2, 0.25) is 15.9 Å². The largest absolute Gasteiger partial charge is 0.480 e. The van der Waals surface area contributed by atoms with E-state index in [4.69, 9.17) is 9.47 Å². The van der Waals surface area contributed by atoms with E-state index in [1.807, 2.05) is 36.4 Å². The highest BCUT2D eigenvalue weighted by Gasteiger charge is 2.37. The number of benzene rings is 2. The van der Waals surface area contributed by atoms with Crippen LogP contribution in [0.15, 0.2) is 77.8 Å². The van der Waals surface area contributed by atoms with Gasteiger partial charge in [0.05, 0.1) is 23.6 Å². The molecule has 0 radical (unpaired) electrons. The second-order valence-corrected chi connectivity index (χ2v) is 12.3. The molecule has 2 amide bonds. The molecule has 13 nitrogen and oxygen atoms in total. The van der Waals surface area contributed by atoms with E-state index in [9.17, 15) is 27.9 Å². The molecule has 4 N–H and O–H groups in total. The van der Waals surface area contributed by atoms with E-state index >= 15 is 0 Å². The molecule has 0 aliphatic carbocycles. The summed E-state index contributed by atoms with van der Waals surface area (Å²) in [6, 6.07) is 17.7. The molecule has 0 saturated carbocycles. The third kappa shape index (κ3) is 9.48. The van der Waals surface area contributed by atoms with Gasteiger partial charge in [-0.15, -0.1) is 0 Å². The van der Waals surface area contributed by atoms with Gasteiger partial charge in [0, 0.05) is 19.3 Å². The van der Waals surface area contributed by atoms with Gasteiger partial charge in [-0.3, -0.25) is 9.59 Å². The fraction of sp³-hybridized carbons (Fsp3) is 0.355. The smallest absolute Gasteiger partial charge is 0.410 e. The first-order chi connectivity index (χ1) is 21.5. The number of sulfonamides is 1. The molecule has 3 aromatic rings. The number of rotatable bonds is 14. The molecule has 1 aromatic heterocycles. The number of hydrogen-bond donors (Lipinski definition) is 4. The van der Waals surface area contributed by atoms with Crippen molar-refractivity contribution in [1.82, 2.24) is 19.9 Å². The van der Waals surface area contributed by atoms with E-state index < -0.39 is 53.3 Å². The number of pyridine rings is 1. The summed E-state index contributed by atoms with van der Waals surface area (Å²) in [4.78, 5) is 43.3. The number of carbonyl (C=O) groups excluding carboxylic acids is 2. The van der Waals surface area contributed by atoms with Gasteiger partial charge in [-0.1, -0.05) is 54.6 Å². The van der Waals surface area contributed by atoms with Crippen LogP contribution in [-0.4, -0.2) is 85.8 Å². The highest BCUT2D eigenvalue weighted by Crippen LogP contribution is 2.23. The lowest BCUT2D eigenvalue weighted by molar-refractivity contribution is -0.139. The SMILES string of the molecule is Cc1cccc(C)c1S(=O)(=O)N[C@@H](CNC(=O)CO[C@@H]1C[C@@H](CNc2ccccn2)N(C(=O)OCc2ccccc2)C1)C(=O)O. The second kappa shape index (κ2) is 15.5. The van der Waals surface area contributed by atoms with Crippen LogP contribution in [0.2, 0.25) is 0 Å². The van der Waals surface area contributed by atoms with Crippen molar-refractivity contribution in [3.8, 4) is 0 Å². The maximum absolute atomic E-state index is 13.0. The number of carbonyl (C=O) groups is 3. The Morgan fingerprint density at radius 3 is 2.40 bits per heavy atom. The van der Waals surface area contributed by atoms with Crippen LogP contribution >= 0.6 is 0 Å². The molecule has 240 valence electrons. The maximum Gasteiger partial charge on any atom is 0.410 e. The van der Waals surface area contributed by atoms with Gasteiger partial charge in [0.25, 0.3) is 0 Å². The van der Waals surface area contributed by atoms with Gasteiger partial charge in [-0.2, -0.15) is 4.72 Å². The quantitative estimate of drug-likeness (QED) is 0.205. The topological polar surface area (TPSA) is 176 Å². The summed E-state index contributed by atoms with van der Waals surface area (Å²) in [6.07, 6.45) is 1.02. The van der Waals surface area contributed by atoms with Gasteiger partial charge < -0.3 is 30.1 Å². The number of nitrogens with one attached hydrogen (secondary N) is 3. The average molecular weight is 640 g/mol. The molecule has 1 fully saturated rings. The highest BCUT2D eigenvalue weighted by molar-refractivity contribution is 7.89. The van der Waals surface area contributed by atoms with E-state index in [0.29, 0.717) is 29.9 Å². The number of aliphatic carboxylic acids is 1. The van der Waals surface area contributed by atoms with Crippen LogP contribution in [-0.2, 0) is 35.7 Å². The van der Waals surface area contributed by atoms with E-state index in [-0.39, 0.29) is 24.1 Å². The van der Waals surface area contributed by atoms with Crippen LogP contribution < -0.4 is 15.4 Å². The number of nitrogens with zero attached hydrogens (tertiary/aromatic N) is 2. The number of aryl methyl sites for hydroxylation is 2. The summed E-state index contributed by atoms with van der Waals surface area (Å²) in [5, 5.41) is 15.3. The first-order valence-electron chi connectivity index (χ1n) is 14.4. The van der Waals surface area contributed by atoms with Crippen molar-refractivity contribution in [2.24, 2.45) is 0 Å². The monoisotopic (exact) mass is 639 g/mol. The second-order valence-electron chi connectivity index (χ2n) is 10.6. The molecule has 1 aliphatic heterocycles. The first kappa shape index (κ1) is 33.4. The Labute approximate surface area is 262 Å². The number of aromatic nitrogens is 1.